The summed E-state index contributed by atoms with van der Waals surface area (Å²) in [5, 5.41) is 3.35. The average molecular weight is 618 g/mol. The Morgan fingerprint density at radius 2 is 1.49 bits per heavy atom. The number of likely N-dealkylation sites (N-methyl/N-ethyl adjacent to an activating group) is 1. The summed E-state index contributed by atoms with van der Waals surface area (Å²) < 4.78 is 29.3. The van der Waals surface area contributed by atoms with E-state index in [4.69, 9.17) is 11.6 Å². The second-order valence-electron chi connectivity index (χ2n) is 10.4. The Kier molecular flexibility index (Phi) is 10.6. The van der Waals surface area contributed by atoms with Crippen LogP contribution in [0.3, 0.4) is 0 Å². The van der Waals surface area contributed by atoms with Gasteiger partial charge in [-0.15, -0.1) is 0 Å². The first kappa shape index (κ1) is 31.8. The maximum absolute atomic E-state index is 14.4. The van der Waals surface area contributed by atoms with E-state index < -0.39 is 28.5 Å². The molecule has 224 valence electrons. The number of amides is 2. The van der Waals surface area contributed by atoms with Crippen molar-refractivity contribution in [2.45, 2.75) is 44.7 Å². The number of anilines is 1. The molecular weight excluding hydrogens is 582 g/mol. The van der Waals surface area contributed by atoms with E-state index >= 15 is 0 Å². The molecule has 0 aliphatic rings. The Balaban J connectivity index is 1.80. The van der Waals surface area contributed by atoms with Crippen LogP contribution in [0.2, 0.25) is 5.02 Å². The minimum absolute atomic E-state index is 0.0558. The predicted molar refractivity (Wildman–Crippen MR) is 172 cm³/mol. The van der Waals surface area contributed by atoms with Crippen molar-refractivity contribution >= 4 is 39.1 Å². The van der Waals surface area contributed by atoms with E-state index in [1.807, 2.05) is 63.2 Å². The van der Waals surface area contributed by atoms with Crippen molar-refractivity contribution in [3.8, 4) is 0 Å². The summed E-state index contributed by atoms with van der Waals surface area (Å²) in [5.41, 5.74) is 3.69. The molecular formula is C34H36ClN3O4S. The molecule has 1 atom stereocenters. The molecule has 0 saturated carbocycles. The number of aryl methyl sites for hydroxylation is 2. The van der Waals surface area contributed by atoms with Crippen molar-refractivity contribution in [2.75, 3.05) is 17.4 Å². The molecule has 9 heteroatoms. The quantitative estimate of drug-likeness (QED) is 0.214. The summed E-state index contributed by atoms with van der Waals surface area (Å²) in [6.07, 6.45) is 0.244. The summed E-state index contributed by atoms with van der Waals surface area (Å²) in [4.78, 5) is 29.4. The number of nitrogens with one attached hydrogen (secondary N) is 1. The van der Waals surface area contributed by atoms with E-state index in [2.05, 4.69) is 5.32 Å². The van der Waals surface area contributed by atoms with Gasteiger partial charge in [-0.05, 0) is 73.9 Å². The van der Waals surface area contributed by atoms with Gasteiger partial charge in [-0.25, -0.2) is 8.42 Å². The normalized spacial score (nSPS) is 11.9. The van der Waals surface area contributed by atoms with Gasteiger partial charge in [-0.3, -0.25) is 13.9 Å². The molecule has 43 heavy (non-hydrogen) atoms. The fourth-order valence-corrected chi connectivity index (χ4v) is 6.45. The minimum Gasteiger partial charge on any atom is -0.355 e. The number of carbonyl (C=O) groups excluding carboxylic acids is 2. The lowest BCUT2D eigenvalue weighted by atomic mass is 10.0. The van der Waals surface area contributed by atoms with E-state index in [0.29, 0.717) is 22.8 Å². The zero-order valence-electron chi connectivity index (χ0n) is 24.5. The van der Waals surface area contributed by atoms with Crippen LogP contribution in [-0.2, 0) is 32.6 Å². The maximum Gasteiger partial charge on any atom is 0.264 e. The van der Waals surface area contributed by atoms with Crippen LogP contribution in [0.15, 0.2) is 108 Å². The Bertz CT molecular complexity index is 1660. The molecule has 0 fully saturated rings. The SMILES string of the molecule is CCNC(=O)[C@@H](Cc1ccccc1)N(Cc1cccc(Cl)c1)C(=O)CN(c1cccc(C)c1)S(=O)(=O)c1ccc(C)cc1. The van der Waals surface area contributed by atoms with Crippen LogP contribution < -0.4 is 9.62 Å². The largest absolute Gasteiger partial charge is 0.355 e. The highest BCUT2D eigenvalue weighted by Gasteiger charge is 2.34. The van der Waals surface area contributed by atoms with Gasteiger partial charge in [-0.1, -0.05) is 83.9 Å². The van der Waals surface area contributed by atoms with Crippen molar-refractivity contribution in [1.29, 1.82) is 0 Å². The number of benzene rings is 4. The minimum atomic E-state index is -4.15. The lowest BCUT2D eigenvalue weighted by Gasteiger charge is -2.34. The molecule has 4 rings (SSSR count). The number of halogens is 1. The monoisotopic (exact) mass is 617 g/mol. The third kappa shape index (κ3) is 8.24. The second kappa shape index (κ2) is 14.4. The molecule has 0 aromatic heterocycles. The highest BCUT2D eigenvalue weighted by molar-refractivity contribution is 7.92. The van der Waals surface area contributed by atoms with Crippen LogP contribution in [0.25, 0.3) is 0 Å². The van der Waals surface area contributed by atoms with Gasteiger partial charge in [0.1, 0.15) is 12.6 Å². The molecule has 0 bridgehead atoms. The van der Waals surface area contributed by atoms with Crippen LogP contribution in [0.5, 0.6) is 0 Å². The topological polar surface area (TPSA) is 86.8 Å². The molecule has 4 aromatic carbocycles. The molecule has 0 heterocycles. The highest BCUT2D eigenvalue weighted by Crippen LogP contribution is 2.26. The third-order valence-corrected chi connectivity index (χ3v) is 9.06. The van der Waals surface area contributed by atoms with Crippen LogP contribution >= 0.6 is 11.6 Å². The number of nitrogens with zero attached hydrogens (tertiary/aromatic N) is 2. The Labute approximate surface area is 259 Å². The molecule has 0 aliphatic carbocycles. The number of sulfonamides is 1. The standard InChI is InChI=1S/C34H36ClN3O4S/c1-4-36-34(40)32(22-27-11-6-5-7-12-27)37(23-28-13-9-14-29(35)21-28)33(39)24-38(30-15-8-10-26(3)20-30)43(41,42)31-18-16-25(2)17-19-31/h5-21,32H,4,22-24H2,1-3H3,(H,36,40)/t32-/m1/s1. The molecule has 0 saturated heterocycles. The van der Waals surface area contributed by atoms with E-state index in [1.165, 1.54) is 17.0 Å². The Hall–Kier alpha value is -4.14. The zero-order valence-corrected chi connectivity index (χ0v) is 26.1. The van der Waals surface area contributed by atoms with Crippen LogP contribution in [-0.4, -0.2) is 44.3 Å². The Morgan fingerprint density at radius 1 is 0.814 bits per heavy atom. The van der Waals surface area contributed by atoms with Gasteiger partial charge in [-0.2, -0.15) is 0 Å². The average Bonchev–Trinajstić information content (AvgIpc) is 2.98. The van der Waals surface area contributed by atoms with Gasteiger partial charge < -0.3 is 10.2 Å². The fraction of sp³-hybridized carbons (Fsp3) is 0.235. The van der Waals surface area contributed by atoms with Crippen LogP contribution in [0, 0.1) is 13.8 Å². The first-order valence-corrected chi connectivity index (χ1v) is 15.9. The summed E-state index contributed by atoms with van der Waals surface area (Å²) in [7, 11) is -4.15. The van der Waals surface area contributed by atoms with Crippen molar-refractivity contribution in [3.05, 3.63) is 130 Å². The zero-order chi connectivity index (χ0) is 31.0. The molecule has 0 spiro atoms. The van der Waals surface area contributed by atoms with E-state index in [0.717, 1.165) is 21.0 Å². The van der Waals surface area contributed by atoms with Gasteiger partial charge in [0.2, 0.25) is 11.8 Å². The highest BCUT2D eigenvalue weighted by atomic mass is 35.5. The van der Waals surface area contributed by atoms with Gasteiger partial charge >= 0.3 is 0 Å². The van der Waals surface area contributed by atoms with Crippen LogP contribution in [0.4, 0.5) is 5.69 Å². The summed E-state index contributed by atoms with van der Waals surface area (Å²) in [6, 6.07) is 29.1. The second-order valence-corrected chi connectivity index (χ2v) is 12.7. The molecule has 0 unspecified atom stereocenters. The third-order valence-electron chi connectivity index (χ3n) is 7.04. The molecule has 4 aromatic rings. The van der Waals surface area contributed by atoms with Crippen molar-refractivity contribution in [3.63, 3.8) is 0 Å². The first-order chi connectivity index (χ1) is 20.6. The summed E-state index contributed by atoms with van der Waals surface area (Å²) >= 11 is 6.28. The molecule has 2 amide bonds. The molecule has 0 aliphatic heterocycles. The number of rotatable bonds is 12. The predicted octanol–water partition coefficient (Wildman–Crippen LogP) is 5.93. The van der Waals surface area contributed by atoms with E-state index in [1.54, 1.807) is 48.5 Å². The number of hydrogen-bond donors (Lipinski definition) is 1. The van der Waals surface area contributed by atoms with Gasteiger partial charge in [0, 0.05) is 24.5 Å². The molecule has 7 nitrogen and oxygen atoms in total. The van der Waals surface area contributed by atoms with E-state index in [-0.39, 0.29) is 23.8 Å². The lowest BCUT2D eigenvalue weighted by molar-refractivity contribution is -0.140. The maximum atomic E-state index is 14.4. The van der Waals surface area contributed by atoms with Gasteiger partial charge in [0.15, 0.2) is 0 Å². The van der Waals surface area contributed by atoms with Crippen molar-refractivity contribution in [1.82, 2.24) is 10.2 Å². The van der Waals surface area contributed by atoms with Crippen molar-refractivity contribution in [2.24, 2.45) is 0 Å². The smallest absolute Gasteiger partial charge is 0.264 e. The fourth-order valence-electron chi connectivity index (χ4n) is 4.83. The van der Waals surface area contributed by atoms with Crippen molar-refractivity contribution < 1.29 is 18.0 Å². The molecule has 0 radical (unpaired) electrons. The van der Waals surface area contributed by atoms with E-state index in [9.17, 15) is 18.0 Å². The summed E-state index contributed by atoms with van der Waals surface area (Å²) in [5.74, 6) is -0.852. The number of carbonyl (C=O) groups is 2. The Morgan fingerprint density at radius 3 is 2.14 bits per heavy atom. The van der Waals surface area contributed by atoms with Gasteiger partial charge in [0.25, 0.3) is 10.0 Å². The number of hydrogen-bond acceptors (Lipinski definition) is 4. The van der Waals surface area contributed by atoms with Crippen LogP contribution in [0.1, 0.15) is 29.2 Å². The first-order valence-electron chi connectivity index (χ1n) is 14.1. The molecule has 1 N–H and O–H groups in total. The summed E-state index contributed by atoms with van der Waals surface area (Å²) in [6.45, 7) is 5.47. The van der Waals surface area contributed by atoms with Gasteiger partial charge in [0.05, 0.1) is 10.6 Å². The lowest BCUT2D eigenvalue weighted by Crippen LogP contribution is -2.53.